The number of nitrogens with one attached hydrogen (secondary N) is 2. The van der Waals surface area contributed by atoms with E-state index in [1.165, 1.54) is 6.07 Å². The zero-order chi connectivity index (χ0) is 18.4. The van der Waals surface area contributed by atoms with Gasteiger partial charge in [-0.25, -0.2) is 4.79 Å². The van der Waals surface area contributed by atoms with E-state index in [0.717, 1.165) is 17.7 Å². The maximum Gasteiger partial charge on any atom is 0.417 e. The Labute approximate surface area is 147 Å². The van der Waals surface area contributed by atoms with Crippen molar-refractivity contribution < 1.29 is 22.7 Å². The highest BCUT2D eigenvalue weighted by Gasteiger charge is 2.33. The van der Waals surface area contributed by atoms with Crippen molar-refractivity contribution in [2.45, 2.75) is 12.6 Å². The second kappa shape index (κ2) is 8.11. The van der Waals surface area contributed by atoms with E-state index in [9.17, 15) is 18.0 Å². The van der Waals surface area contributed by atoms with Crippen molar-refractivity contribution in [3.8, 4) is 5.75 Å². The van der Waals surface area contributed by atoms with Crippen molar-refractivity contribution in [2.75, 3.05) is 19.0 Å². The molecule has 2 amide bonds. The SMILES string of the molecule is COc1cccc(CCNC(=O)Nc2ccc(Cl)c(C(F)(F)F)c2)c1. The van der Waals surface area contributed by atoms with Gasteiger partial charge in [0, 0.05) is 12.2 Å². The van der Waals surface area contributed by atoms with Crippen LogP contribution in [0.5, 0.6) is 5.75 Å². The third kappa shape index (κ3) is 5.56. The number of halogens is 4. The monoisotopic (exact) mass is 372 g/mol. The topological polar surface area (TPSA) is 50.4 Å². The smallest absolute Gasteiger partial charge is 0.417 e. The van der Waals surface area contributed by atoms with Gasteiger partial charge >= 0.3 is 12.2 Å². The molecule has 2 N–H and O–H groups in total. The van der Waals surface area contributed by atoms with Crippen LogP contribution >= 0.6 is 11.6 Å². The van der Waals surface area contributed by atoms with Crippen molar-refractivity contribution in [3.63, 3.8) is 0 Å². The normalized spacial score (nSPS) is 11.1. The van der Waals surface area contributed by atoms with E-state index in [2.05, 4.69) is 10.6 Å². The van der Waals surface area contributed by atoms with E-state index >= 15 is 0 Å². The molecular formula is C17H16ClF3N2O2. The summed E-state index contributed by atoms with van der Waals surface area (Å²) in [6.45, 7) is 0.318. The molecule has 0 aliphatic heterocycles. The number of hydrogen-bond donors (Lipinski definition) is 2. The average Bonchev–Trinajstić information content (AvgIpc) is 2.56. The highest BCUT2D eigenvalue weighted by Crippen LogP contribution is 2.36. The van der Waals surface area contributed by atoms with Crippen LogP contribution in [0.2, 0.25) is 5.02 Å². The van der Waals surface area contributed by atoms with Crippen molar-refractivity contribution in [1.29, 1.82) is 0 Å². The van der Waals surface area contributed by atoms with E-state index in [1.54, 1.807) is 7.11 Å². The number of benzene rings is 2. The summed E-state index contributed by atoms with van der Waals surface area (Å²) in [5.74, 6) is 0.711. The number of urea groups is 1. The molecule has 0 atom stereocenters. The summed E-state index contributed by atoms with van der Waals surface area (Å²) in [6.07, 6.45) is -4.03. The van der Waals surface area contributed by atoms with Gasteiger partial charge < -0.3 is 15.4 Å². The first kappa shape index (κ1) is 18.9. The molecular weight excluding hydrogens is 357 g/mol. The molecule has 0 aliphatic carbocycles. The molecule has 0 fully saturated rings. The van der Waals surface area contributed by atoms with Crippen LogP contribution in [0.4, 0.5) is 23.7 Å². The van der Waals surface area contributed by atoms with E-state index in [1.807, 2.05) is 24.3 Å². The molecule has 0 aromatic heterocycles. The van der Waals surface area contributed by atoms with Crippen LogP contribution in [0.15, 0.2) is 42.5 Å². The molecule has 0 bridgehead atoms. The molecule has 0 saturated heterocycles. The van der Waals surface area contributed by atoms with Crippen LogP contribution in [0.25, 0.3) is 0 Å². The number of alkyl halides is 3. The minimum Gasteiger partial charge on any atom is -0.497 e. The van der Waals surface area contributed by atoms with Gasteiger partial charge in [-0.2, -0.15) is 13.2 Å². The van der Waals surface area contributed by atoms with Gasteiger partial charge in [0.15, 0.2) is 0 Å². The number of carbonyl (C=O) groups excluding carboxylic acids is 1. The third-order valence-electron chi connectivity index (χ3n) is 3.36. The summed E-state index contributed by atoms with van der Waals surface area (Å²) in [6, 6.07) is 9.96. The number of carbonyl (C=O) groups is 1. The molecule has 2 rings (SSSR count). The summed E-state index contributed by atoms with van der Waals surface area (Å²) in [5.41, 5.74) is -0.0237. The van der Waals surface area contributed by atoms with Gasteiger partial charge in [-0.3, -0.25) is 0 Å². The molecule has 0 unspecified atom stereocenters. The second-order valence-corrected chi connectivity index (χ2v) is 5.58. The quantitative estimate of drug-likeness (QED) is 0.797. The molecule has 8 heteroatoms. The largest absolute Gasteiger partial charge is 0.497 e. The first-order valence-electron chi connectivity index (χ1n) is 7.34. The molecule has 0 saturated carbocycles. The van der Waals surface area contributed by atoms with Gasteiger partial charge in [-0.1, -0.05) is 23.7 Å². The standard InChI is InChI=1S/C17H16ClF3N2O2/c1-25-13-4-2-3-11(9-13)7-8-22-16(24)23-12-5-6-15(18)14(10-12)17(19,20)21/h2-6,9-10H,7-8H2,1H3,(H2,22,23,24). The van der Waals surface area contributed by atoms with Crippen molar-refractivity contribution in [1.82, 2.24) is 5.32 Å². The molecule has 134 valence electrons. The Bertz CT molecular complexity index is 751. The van der Waals surface area contributed by atoms with Crippen LogP contribution in [0.1, 0.15) is 11.1 Å². The predicted molar refractivity (Wildman–Crippen MR) is 90.2 cm³/mol. The second-order valence-electron chi connectivity index (χ2n) is 5.17. The number of ether oxygens (including phenoxy) is 1. The van der Waals surface area contributed by atoms with Crippen LogP contribution in [-0.4, -0.2) is 19.7 Å². The molecule has 0 spiro atoms. The van der Waals surface area contributed by atoms with E-state index in [0.29, 0.717) is 18.7 Å². The van der Waals surface area contributed by atoms with Crippen molar-refractivity contribution in [2.24, 2.45) is 0 Å². The summed E-state index contributed by atoms with van der Waals surface area (Å²) in [4.78, 5) is 11.8. The number of anilines is 1. The van der Waals surface area contributed by atoms with Gasteiger partial charge in [-0.15, -0.1) is 0 Å². The fraction of sp³-hybridized carbons (Fsp3) is 0.235. The fourth-order valence-corrected chi connectivity index (χ4v) is 2.37. The van der Waals surface area contributed by atoms with Crippen molar-refractivity contribution >= 4 is 23.3 Å². The van der Waals surface area contributed by atoms with Gasteiger partial charge in [0.25, 0.3) is 0 Å². The first-order chi connectivity index (χ1) is 11.8. The number of rotatable bonds is 5. The lowest BCUT2D eigenvalue weighted by Crippen LogP contribution is -2.30. The summed E-state index contributed by atoms with van der Waals surface area (Å²) < 4.78 is 43.5. The third-order valence-corrected chi connectivity index (χ3v) is 3.69. The van der Waals surface area contributed by atoms with Gasteiger partial charge in [0.2, 0.25) is 0 Å². The van der Waals surface area contributed by atoms with Crippen LogP contribution in [0, 0.1) is 0 Å². The zero-order valence-corrected chi connectivity index (χ0v) is 14.0. The van der Waals surface area contributed by atoms with E-state index in [-0.39, 0.29) is 5.69 Å². The maximum absolute atomic E-state index is 12.8. The molecule has 0 heterocycles. The Balaban J connectivity index is 1.90. The fourth-order valence-electron chi connectivity index (χ4n) is 2.14. The Morgan fingerprint density at radius 1 is 1.20 bits per heavy atom. The van der Waals surface area contributed by atoms with Crippen molar-refractivity contribution in [3.05, 3.63) is 58.6 Å². The van der Waals surface area contributed by atoms with Crippen LogP contribution in [0.3, 0.4) is 0 Å². The first-order valence-corrected chi connectivity index (χ1v) is 7.72. The Morgan fingerprint density at radius 2 is 1.96 bits per heavy atom. The summed E-state index contributed by atoms with van der Waals surface area (Å²) in [7, 11) is 1.56. The predicted octanol–water partition coefficient (Wildman–Crippen LogP) is 4.73. The minimum atomic E-state index is -4.59. The number of hydrogen-bond acceptors (Lipinski definition) is 2. The average molecular weight is 373 g/mol. The van der Waals surface area contributed by atoms with Crippen LogP contribution < -0.4 is 15.4 Å². The number of methoxy groups -OCH3 is 1. The lowest BCUT2D eigenvalue weighted by molar-refractivity contribution is -0.137. The Hall–Kier alpha value is -2.41. The minimum absolute atomic E-state index is 0.00982. The maximum atomic E-state index is 12.8. The molecule has 2 aromatic rings. The molecule has 2 aromatic carbocycles. The molecule has 4 nitrogen and oxygen atoms in total. The highest BCUT2D eigenvalue weighted by atomic mass is 35.5. The zero-order valence-electron chi connectivity index (χ0n) is 13.3. The molecule has 0 aliphatic rings. The number of amides is 2. The highest BCUT2D eigenvalue weighted by molar-refractivity contribution is 6.31. The van der Waals surface area contributed by atoms with Crippen LogP contribution in [-0.2, 0) is 12.6 Å². The molecule has 0 radical (unpaired) electrons. The van der Waals surface area contributed by atoms with Gasteiger partial charge in [-0.05, 0) is 42.3 Å². The van der Waals surface area contributed by atoms with Gasteiger partial charge in [0.05, 0.1) is 17.7 Å². The van der Waals surface area contributed by atoms with Gasteiger partial charge in [0.1, 0.15) is 5.75 Å². The lowest BCUT2D eigenvalue weighted by atomic mass is 10.1. The van der Waals surface area contributed by atoms with E-state index in [4.69, 9.17) is 16.3 Å². The summed E-state index contributed by atoms with van der Waals surface area (Å²) >= 11 is 5.53. The Morgan fingerprint density at radius 3 is 2.64 bits per heavy atom. The van der Waals surface area contributed by atoms with E-state index < -0.39 is 22.8 Å². The lowest BCUT2D eigenvalue weighted by Gasteiger charge is -2.12. The molecule has 25 heavy (non-hydrogen) atoms. The Kier molecular flexibility index (Phi) is 6.14. The summed E-state index contributed by atoms with van der Waals surface area (Å²) in [5, 5.41) is 4.52.